The van der Waals surface area contributed by atoms with Gasteiger partial charge in [-0.05, 0) is 59.2 Å². The van der Waals surface area contributed by atoms with Gasteiger partial charge < -0.3 is 51.7 Å². The molecule has 0 aliphatic carbocycles. The quantitative estimate of drug-likeness (QED) is 0.0665. The van der Waals surface area contributed by atoms with Crippen molar-refractivity contribution in [2.75, 3.05) is 53.1 Å². The van der Waals surface area contributed by atoms with Crippen LogP contribution in [-0.2, 0) is 28.6 Å². The number of unbranched alkanes of at least 4 members (excludes halogenated alkanes) is 1. The van der Waals surface area contributed by atoms with Crippen molar-refractivity contribution in [3.05, 3.63) is 29.8 Å². The van der Waals surface area contributed by atoms with Crippen LogP contribution >= 0.6 is 0 Å². The Hall–Kier alpha value is -3.79. The maximum absolute atomic E-state index is 12.2. The van der Waals surface area contributed by atoms with Gasteiger partial charge in [0.1, 0.15) is 43.1 Å². The molecule has 0 fully saturated rings. The molecule has 0 bridgehead atoms. The van der Waals surface area contributed by atoms with Crippen molar-refractivity contribution in [2.45, 2.75) is 78.7 Å². The smallest absolute Gasteiger partial charge is 0.408 e. The zero-order valence-corrected chi connectivity index (χ0v) is 28.4. The van der Waals surface area contributed by atoms with Gasteiger partial charge in [-0.1, -0.05) is 26.0 Å². The van der Waals surface area contributed by atoms with E-state index in [1.165, 1.54) is 6.92 Å². The lowest BCUT2D eigenvalue weighted by Gasteiger charge is -2.23. The minimum atomic E-state index is -0.658. The summed E-state index contributed by atoms with van der Waals surface area (Å²) in [4.78, 5) is 55.9. The lowest BCUT2D eigenvalue weighted by atomic mass is 10.1. The highest BCUT2D eigenvalue weighted by molar-refractivity contribution is 5.85. The number of benzene rings is 1. The van der Waals surface area contributed by atoms with Crippen LogP contribution in [0.4, 0.5) is 4.79 Å². The monoisotopic (exact) mass is 656 g/mol. The van der Waals surface area contributed by atoms with Gasteiger partial charge in [-0.25, -0.2) is 4.79 Å². The molecule has 1 aromatic carbocycles. The average molecular weight is 657 g/mol. The van der Waals surface area contributed by atoms with E-state index in [-0.39, 0.29) is 38.2 Å². The van der Waals surface area contributed by atoms with E-state index in [2.05, 4.69) is 21.3 Å². The molecule has 8 N–H and O–H groups in total. The molecular formula is C31H56N6O9. The van der Waals surface area contributed by atoms with Gasteiger partial charge in [0, 0.05) is 32.1 Å². The van der Waals surface area contributed by atoms with Crippen LogP contribution in [0.25, 0.3) is 0 Å². The van der Waals surface area contributed by atoms with E-state index in [4.69, 9.17) is 30.4 Å². The summed E-state index contributed by atoms with van der Waals surface area (Å²) in [5, 5.41) is 11.0. The van der Waals surface area contributed by atoms with Crippen LogP contribution in [0.2, 0.25) is 0 Å². The molecule has 0 aliphatic heterocycles. The van der Waals surface area contributed by atoms with Crippen LogP contribution < -0.4 is 37.5 Å². The van der Waals surface area contributed by atoms with E-state index >= 15 is 0 Å². The second kappa shape index (κ2) is 27.5. The summed E-state index contributed by atoms with van der Waals surface area (Å²) < 4.78 is 20.7. The normalized spacial score (nSPS) is 11.7. The number of carbonyl (C=O) groups excluding carboxylic acids is 5. The third kappa shape index (κ3) is 27.7. The highest BCUT2D eigenvalue weighted by Gasteiger charge is 2.23. The lowest BCUT2D eigenvalue weighted by Crippen LogP contribution is -2.49. The topological polar surface area (TPSA) is 222 Å². The van der Waals surface area contributed by atoms with Crippen molar-refractivity contribution < 1.29 is 42.9 Å². The molecule has 0 aliphatic rings. The van der Waals surface area contributed by atoms with Gasteiger partial charge in [-0.3, -0.25) is 19.2 Å². The van der Waals surface area contributed by atoms with Gasteiger partial charge in [0.25, 0.3) is 0 Å². The number of hydrogen-bond acceptors (Lipinski definition) is 11. The van der Waals surface area contributed by atoms with E-state index < -0.39 is 29.9 Å². The largest absolute Gasteiger partial charge is 0.489 e. The van der Waals surface area contributed by atoms with Crippen LogP contribution in [0, 0.1) is 0 Å². The number of hydrogen-bond donors (Lipinski definition) is 6. The zero-order valence-electron chi connectivity index (χ0n) is 28.4. The second-order valence-electron chi connectivity index (χ2n) is 10.5. The van der Waals surface area contributed by atoms with E-state index in [0.717, 1.165) is 12.7 Å². The van der Waals surface area contributed by atoms with Gasteiger partial charge >= 0.3 is 6.09 Å². The molecule has 0 spiro atoms. The van der Waals surface area contributed by atoms with Crippen molar-refractivity contribution in [2.24, 2.45) is 11.5 Å². The summed E-state index contributed by atoms with van der Waals surface area (Å²) in [6, 6.07) is 6.05. The molecule has 2 atom stereocenters. The Labute approximate surface area is 273 Å². The number of alkyl carbamates (subject to hydrolysis) is 1. The number of ether oxygens (including phenoxy) is 4. The summed E-state index contributed by atoms with van der Waals surface area (Å²) in [7, 11) is 1.80. The molecule has 0 radical (unpaired) electrons. The molecule has 0 heterocycles. The second-order valence-corrected chi connectivity index (χ2v) is 10.5. The minimum absolute atomic E-state index is 0.0803. The Bertz CT molecular complexity index is 1000. The fraction of sp³-hybridized carbons (Fsp3) is 0.645. The zero-order chi connectivity index (χ0) is 35.4. The first kappa shape index (κ1) is 44.3. The van der Waals surface area contributed by atoms with Crippen molar-refractivity contribution in [1.29, 1.82) is 0 Å². The number of amides is 4. The van der Waals surface area contributed by atoms with Gasteiger partial charge in [-0.2, -0.15) is 0 Å². The van der Waals surface area contributed by atoms with E-state index in [0.29, 0.717) is 43.8 Å². The summed E-state index contributed by atoms with van der Waals surface area (Å²) in [6.45, 7) is 12.9. The Morgan fingerprint density at radius 2 is 1.70 bits per heavy atom. The Morgan fingerprint density at radius 3 is 2.28 bits per heavy atom. The first-order valence-electron chi connectivity index (χ1n) is 15.3. The van der Waals surface area contributed by atoms with Crippen LogP contribution in [0.5, 0.6) is 5.75 Å². The first-order valence-corrected chi connectivity index (χ1v) is 15.3. The highest BCUT2D eigenvalue weighted by atomic mass is 16.6. The average Bonchev–Trinajstić information content (AvgIpc) is 2.99. The molecular weight excluding hydrogens is 600 g/mol. The van der Waals surface area contributed by atoms with E-state index in [1.54, 1.807) is 52.1 Å². The number of nitrogens with two attached hydrogens (primary N) is 2. The third-order valence-electron chi connectivity index (χ3n) is 5.19. The molecule has 1 aromatic rings. The molecule has 4 amide bonds. The minimum Gasteiger partial charge on any atom is -0.489 e. The van der Waals surface area contributed by atoms with Crippen molar-refractivity contribution >= 4 is 30.1 Å². The van der Waals surface area contributed by atoms with Gasteiger partial charge in [0.2, 0.25) is 17.7 Å². The summed E-state index contributed by atoms with van der Waals surface area (Å²) in [6.07, 6.45) is 1.39. The maximum atomic E-state index is 12.2. The first-order chi connectivity index (χ1) is 21.8. The van der Waals surface area contributed by atoms with Crippen LogP contribution in [0.3, 0.4) is 0 Å². The summed E-state index contributed by atoms with van der Waals surface area (Å²) in [5.41, 5.74) is 10.5. The molecule has 46 heavy (non-hydrogen) atoms. The van der Waals surface area contributed by atoms with Gasteiger partial charge in [0.05, 0.1) is 13.2 Å². The predicted octanol–water partition coefficient (Wildman–Crippen LogP) is 1.23. The number of primary amides is 1. The standard InChI is InChI=1S/C16H32N4O4.C13H18N2O5.C2H6/c1-12(21)18-9-7-6-8-13(14(22)19-11-10-17-5)20-15(23)24-16(2,3)4;14-12(17)8-18-4-5-19-13(15)9-20-11-3-1-2-10(6-11)7-16;1-2/h13,17H,6-11H2,1-5H3,(H,18,21)(H,19,22)(H,20,23);1-3,6-7,13H,4-5,8-9,15H2,(H2,14,17);1-2H3. The van der Waals surface area contributed by atoms with E-state index in [9.17, 15) is 24.0 Å². The Kier molecular flexibility index (Phi) is 26.5. The van der Waals surface area contributed by atoms with Crippen LogP contribution in [-0.4, -0.2) is 101 Å². The lowest BCUT2D eigenvalue weighted by molar-refractivity contribution is -0.124. The predicted molar refractivity (Wildman–Crippen MR) is 175 cm³/mol. The van der Waals surface area contributed by atoms with Crippen molar-refractivity contribution in [3.63, 3.8) is 0 Å². The fourth-order valence-electron chi connectivity index (χ4n) is 3.23. The van der Waals surface area contributed by atoms with E-state index in [1.807, 2.05) is 13.8 Å². The number of carbonyl (C=O) groups is 5. The summed E-state index contributed by atoms with van der Waals surface area (Å²) in [5.74, 6) is -0.315. The fourth-order valence-corrected chi connectivity index (χ4v) is 3.23. The van der Waals surface area contributed by atoms with Crippen molar-refractivity contribution in [3.8, 4) is 5.75 Å². The highest BCUT2D eigenvalue weighted by Crippen LogP contribution is 2.12. The maximum Gasteiger partial charge on any atom is 0.408 e. The third-order valence-corrected chi connectivity index (χ3v) is 5.19. The molecule has 0 aromatic heterocycles. The number of nitrogens with one attached hydrogen (secondary N) is 4. The SMILES string of the molecule is CC.CNCCNC(=O)C(CCCCNC(C)=O)NC(=O)OC(C)(C)C.NC(=O)COCCOC(N)COc1cccc(C=O)c1. The molecule has 15 heteroatoms. The molecule has 0 saturated carbocycles. The molecule has 1 rings (SSSR count). The summed E-state index contributed by atoms with van der Waals surface area (Å²) >= 11 is 0. The van der Waals surface area contributed by atoms with Crippen LogP contribution in [0.1, 0.15) is 71.2 Å². The van der Waals surface area contributed by atoms with Crippen LogP contribution in [0.15, 0.2) is 24.3 Å². The Balaban J connectivity index is 0. The Morgan fingerprint density at radius 1 is 1.00 bits per heavy atom. The number of likely N-dealkylation sites (N-methyl/N-ethyl adjacent to an activating group) is 1. The number of rotatable bonds is 20. The number of aldehydes is 1. The molecule has 2 unspecified atom stereocenters. The van der Waals surface area contributed by atoms with Gasteiger partial charge in [0.15, 0.2) is 0 Å². The molecule has 15 nitrogen and oxygen atoms in total. The van der Waals surface area contributed by atoms with Crippen molar-refractivity contribution in [1.82, 2.24) is 21.3 Å². The molecule has 0 saturated heterocycles. The molecule has 264 valence electrons. The van der Waals surface area contributed by atoms with Gasteiger partial charge in [-0.15, -0.1) is 0 Å².